The van der Waals surface area contributed by atoms with Crippen LogP contribution in [0.4, 0.5) is 0 Å². The number of carbonyl (C=O) groups is 5. The predicted molar refractivity (Wildman–Crippen MR) is 156 cm³/mol. The lowest BCUT2D eigenvalue weighted by atomic mass is 9.83. The number of hydrogen-bond acceptors (Lipinski definition) is 5. The molecule has 2 aromatic carbocycles. The lowest BCUT2D eigenvalue weighted by Crippen LogP contribution is -2.57. The van der Waals surface area contributed by atoms with Crippen molar-refractivity contribution >= 4 is 29.4 Å². The van der Waals surface area contributed by atoms with Crippen LogP contribution in [0.15, 0.2) is 60.7 Å². The fourth-order valence-corrected chi connectivity index (χ4v) is 4.82. The second-order valence-electron chi connectivity index (χ2n) is 11.2. The van der Waals surface area contributed by atoms with Crippen molar-refractivity contribution in [1.29, 1.82) is 0 Å². The normalized spacial score (nSPS) is 24.6. The van der Waals surface area contributed by atoms with Gasteiger partial charge in [0, 0.05) is 24.8 Å². The standard InChI is InChI=1S/C32H42N4O5/c1-5-25-30(40)35-27(23-14-10-7-11-15-23)31(41)33-19-18-32(4,36-28(38)21(2)3)26(37)20-24(29(39)34-25)17-16-22-12-8-6-9-13-22/h6-15,21,24-25,27H,5,16-20H2,1-4H3,(H,33,41)(H,34,39)(H,35,40)(H,36,38)/t24?,25-,27+,32+/m0/s1. The molecule has 1 saturated heterocycles. The molecule has 0 saturated carbocycles. The number of carbonyl (C=O) groups excluding carboxylic acids is 5. The van der Waals surface area contributed by atoms with E-state index in [-0.39, 0.29) is 37.0 Å². The first-order valence-corrected chi connectivity index (χ1v) is 14.4. The summed E-state index contributed by atoms with van der Waals surface area (Å²) in [5, 5.41) is 11.3. The molecule has 0 bridgehead atoms. The maximum absolute atomic E-state index is 13.8. The Balaban J connectivity index is 1.96. The lowest BCUT2D eigenvalue weighted by Gasteiger charge is -2.33. The molecule has 3 rings (SSSR count). The molecule has 0 aliphatic carbocycles. The van der Waals surface area contributed by atoms with Gasteiger partial charge in [0.1, 0.15) is 12.1 Å². The summed E-state index contributed by atoms with van der Waals surface area (Å²) >= 11 is 0. The SMILES string of the molecule is CC[C@@H]1NC(=O)C(CCc2ccccc2)CC(=O)[C@](C)(NC(=O)C(C)C)CCNC(=O)[C@@H](c2ccccc2)NC1=O. The molecule has 2 aromatic rings. The number of amides is 4. The Hall–Kier alpha value is -4.01. The summed E-state index contributed by atoms with van der Waals surface area (Å²) in [4.78, 5) is 66.8. The van der Waals surface area contributed by atoms with Gasteiger partial charge in [-0.1, -0.05) is 81.4 Å². The smallest absolute Gasteiger partial charge is 0.247 e. The Morgan fingerprint density at radius 3 is 2.17 bits per heavy atom. The molecule has 4 amide bonds. The van der Waals surface area contributed by atoms with Crippen LogP contribution in [0.2, 0.25) is 0 Å². The maximum atomic E-state index is 13.8. The third-order valence-corrected chi connectivity index (χ3v) is 7.61. The van der Waals surface area contributed by atoms with Gasteiger partial charge in [0.25, 0.3) is 0 Å². The summed E-state index contributed by atoms with van der Waals surface area (Å²) in [5.74, 6) is -3.02. The van der Waals surface area contributed by atoms with Gasteiger partial charge in [0.15, 0.2) is 5.78 Å². The van der Waals surface area contributed by atoms with E-state index >= 15 is 0 Å². The molecule has 41 heavy (non-hydrogen) atoms. The zero-order chi connectivity index (χ0) is 30.0. The van der Waals surface area contributed by atoms with E-state index < -0.39 is 41.3 Å². The van der Waals surface area contributed by atoms with Gasteiger partial charge >= 0.3 is 0 Å². The fraction of sp³-hybridized carbons (Fsp3) is 0.469. The van der Waals surface area contributed by atoms with Gasteiger partial charge in [-0.25, -0.2) is 0 Å². The van der Waals surface area contributed by atoms with Crippen LogP contribution in [-0.2, 0) is 30.4 Å². The third kappa shape index (κ3) is 8.74. The predicted octanol–water partition coefficient (Wildman–Crippen LogP) is 3.00. The van der Waals surface area contributed by atoms with Crippen molar-refractivity contribution in [2.24, 2.45) is 11.8 Å². The van der Waals surface area contributed by atoms with Crippen molar-refractivity contribution in [3.05, 3.63) is 71.8 Å². The van der Waals surface area contributed by atoms with Crippen LogP contribution in [0.5, 0.6) is 0 Å². The second-order valence-corrected chi connectivity index (χ2v) is 11.2. The fourth-order valence-electron chi connectivity index (χ4n) is 4.82. The number of ketones is 1. The first kappa shape index (κ1) is 31.5. The van der Waals surface area contributed by atoms with Crippen LogP contribution in [0, 0.1) is 11.8 Å². The zero-order valence-electron chi connectivity index (χ0n) is 24.4. The molecule has 0 radical (unpaired) electrons. The van der Waals surface area contributed by atoms with E-state index in [2.05, 4.69) is 21.3 Å². The van der Waals surface area contributed by atoms with Crippen molar-refractivity contribution < 1.29 is 24.0 Å². The molecule has 1 fully saturated rings. The highest BCUT2D eigenvalue weighted by atomic mass is 16.2. The van der Waals surface area contributed by atoms with Gasteiger partial charge in [-0.3, -0.25) is 24.0 Å². The van der Waals surface area contributed by atoms with Crippen molar-refractivity contribution in [2.75, 3.05) is 6.54 Å². The van der Waals surface area contributed by atoms with E-state index in [1.807, 2.05) is 36.4 Å². The highest BCUT2D eigenvalue weighted by molar-refractivity contribution is 5.97. The summed E-state index contributed by atoms with van der Waals surface area (Å²) in [7, 11) is 0. The molecule has 220 valence electrons. The number of Topliss-reactive ketones (excluding diaryl/α,β-unsaturated/α-hetero) is 1. The van der Waals surface area contributed by atoms with Crippen LogP contribution in [-0.4, -0.2) is 47.5 Å². The van der Waals surface area contributed by atoms with E-state index in [0.29, 0.717) is 24.8 Å². The van der Waals surface area contributed by atoms with Crippen molar-refractivity contribution in [3.8, 4) is 0 Å². The van der Waals surface area contributed by atoms with E-state index in [9.17, 15) is 24.0 Å². The van der Waals surface area contributed by atoms with Gasteiger partial charge < -0.3 is 21.3 Å². The molecule has 9 heteroatoms. The number of benzene rings is 2. The summed E-state index contributed by atoms with van der Waals surface area (Å²) in [6.07, 6.45) is 1.25. The largest absolute Gasteiger partial charge is 0.354 e. The molecule has 0 spiro atoms. The molecule has 1 heterocycles. The molecule has 1 aliphatic rings. The summed E-state index contributed by atoms with van der Waals surface area (Å²) in [6, 6.07) is 16.6. The Kier molecular flexibility index (Phi) is 11.2. The third-order valence-electron chi connectivity index (χ3n) is 7.61. The average Bonchev–Trinajstić information content (AvgIpc) is 2.96. The molecule has 0 aromatic heterocycles. The minimum atomic E-state index is -1.31. The Morgan fingerprint density at radius 1 is 0.927 bits per heavy atom. The molecule has 1 unspecified atom stereocenters. The van der Waals surface area contributed by atoms with Gasteiger partial charge in [0.2, 0.25) is 23.6 Å². The van der Waals surface area contributed by atoms with Crippen LogP contribution < -0.4 is 21.3 Å². The molecule has 1 aliphatic heterocycles. The second kappa shape index (κ2) is 14.6. The number of aryl methyl sites for hydroxylation is 1. The number of hydrogen-bond donors (Lipinski definition) is 4. The number of nitrogens with one attached hydrogen (secondary N) is 4. The Labute approximate surface area is 242 Å². The molecule has 4 N–H and O–H groups in total. The van der Waals surface area contributed by atoms with E-state index in [4.69, 9.17) is 0 Å². The van der Waals surface area contributed by atoms with Crippen LogP contribution in [0.25, 0.3) is 0 Å². The molecule has 4 atom stereocenters. The van der Waals surface area contributed by atoms with Crippen molar-refractivity contribution in [1.82, 2.24) is 21.3 Å². The number of rotatable bonds is 7. The average molecular weight is 563 g/mol. The highest BCUT2D eigenvalue weighted by Crippen LogP contribution is 2.23. The maximum Gasteiger partial charge on any atom is 0.247 e. The monoisotopic (exact) mass is 562 g/mol. The minimum absolute atomic E-state index is 0.0801. The Morgan fingerprint density at radius 2 is 1.56 bits per heavy atom. The summed E-state index contributed by atoms with van der Waals surface area (Å²) in [5.41, 5.74) is 0.306. The first-order chi connectivity index (χ1) is 19.5. The molecule has 9 nitrogen and oxygen atoms in total. The lowest BCUT2D eigenvalue weighted by molar-refractivity contribution is -0.137. The first-order valence-electron chi connectivity index (χ1n) is 14.4. The van der Waals surface area contributed by atoms with Crippen LogP contribution in [0.3, 0.4) is 0 Å². The van der Waals surface area contributed by atoms with Crippen molar-refractivity contribution in [3.63, 3.8) is 0 Å². The van der Waals surface area contributed by atoms with Crippen LogP contribution >= 0.6 is 0 Å². The van der Waals surface area contributed by atoms with Crippen molar-refractivity contribution in [2.45, 2.75) is 77.4 Å². The van der Waals surface area contributed by atoms with E-state index in [1.54, 1.807) is 52.0 Å². The van der Waals surface area contributed by atoms with Gasteiger partial charge in [-0.05, 0) is 43.7 Å². The van der Waals surface area contributed by atoms with Gasteiger partial charge in [0.05, 0.1) is 5.54 Å². The summed E-state index contributed by atoms with van der Waals surface area (Å²) in [6.45, 7) is 6.97. The van der Waals surface area contributed by atoms with Gasteiger partial charge in [-0.2, -0.15) is 0 Å². The zero-order valence-corrected chi connectivity index (χ0v) is 24.4. The Bertz CT molecular complexity index is 1220. The quantitative estimate of drug-likeness (QED) is 0.412. The minimum Gasteiger partial charge on any atom is -0.354 e. The molecular formula is C32H42N4O5. The summed E-state index contributed by atoms with van der Waals surface area (Å²) < 4.78 is 0. The van der Waals surface area contributed by atoms with E-state index in [1.165, 1.54) is 0 Å². The highest BCUT2D eigenvalue weighted by Gasteiger charge is 2.38. The van der Waals surface area contributed by atoms with E-state index in [0.717, 1.165) is 5.56 Å². The molecular weight excluding hydrogens is 520 g/mol. The van der Waals surface area contributed by atoms with Crippen LogP contribution in [0.1, 0.15) is 70.5 Å². The van der Waals surface area contributed by atoms with Gasteiger partial charge in [-0.15, -0.1) is 0 Å². The topological polar surface area (TPSA) is 133 Å².